The summed E-state index contributed by atoms with van der Waals surface area (Å²) in [4.78, 5) is 17.4. The molecule has 0 bridgehead atoms. The molecule has 0 saturated heterocycles. The smallest absolute Gasteiger partial charge is 0.274 e. The van der Waals surface area contributed by atoms with Crippen LogP contribution in [0.2, 0.25) is 0 Å². The second kappa shape index (κ2) is 6.68. The van der Waals surface area contributed by atoms with Gasteiger partial charge in [-0.1, -0.05) is 35.9 Å². The Kier molecular flexibility index (Phi) is 4.20. The summed E-state index contributed by atoms with van der Waals surface area (Å²) in [6, 6.07) is 17.6. The molecule has 0 saturated carbocycles. The minimum atomic E-state index is -0.211. The van der Waals surface area contributed by atoms with E-state index in [4.69, 9.17) is 0 Å². The molecule has 2 aromatic carbocycles. The van der Waals surface area contributed by atoms with Gasteiger partial charge in [-0.2, -0.15) is 5.10 Å². The molecule has 0 fully saturated rings. The van der Waals surface area contributed by atoms with E-state index in [0.29, 0.717) is 5.69 Å². The van der Waals surface area contributed by atoms with Crippen LogP contribution in [0, 0.1) is 20.8 Å². The van der Waals surface area contributed by atoms with Crippen LogP contribution < -0.4 is 5.32 Å². The van der Waals surface area contributed by atoms with Crippen molar-refractivity contribution in [3.8, 4) is 11.3 Å². The predicted molar refractivity (Wildman–Crippen MR) is 108 cm³/mol. The van der Waals surface area contributed by atoms with Gasteiger partial charge >= 0.3 is 0 Å². The lowest BCUT2D eigenvalue weighted by atomic mass is 10.1. The number of rotatable bonds is 3. The topological polar surface area (TPSA) is 70.7 Å². The number of hydrogen-bond donors (Lipinski definition) is 2. The quantitative estimate of drug-likeness (QED) is 0.554. The first-order valence-electron chi connectivity index (χ1n) is 8.82. The highest BCUT2D eigenvalue weighted by molar-refractivity contribution is 6.04. The van der Waals surface area contributed by atoms with Crippen LogP contribution in [0.25, 0.3) is 22.2 Å². The molecule has 0 atom stereocenters. The summed E-state index contributed by atoms with van der Waals surface area (Å²) >= 11 is 0. The van der Waals surface area contributed by atoms with E-state index in [2.05, 4.69) is 20.5 Å². The van der Waals surface area contributed by atoms with Crippen LogP contribution in [0.1, 0.15) is 27.3 Å². The number of nitrogens with one attached hydrogen (secondary N) is 2. The standard InChI is InChI=1S/C22H20N4O/c1-13-4-8-17(9-5-13)23-22(27)21-14(2)6-11-19(24-21)16-7-10-18-15(3)25-26-20(18)12-16/h4-12H,1-3H3,(H,23,27)(H,25,26). The number of anilines is 1. The van der Waals surface area contributed by atoms with E-state index in [0.717, 1.165) is 44.7 Å². The average molecular weight is 356 g/mol. The number of aryl methyl sites for hydroxylation is 3. The highest BCUT2D eigenvalue weighted by atomic mass is 16.1. The Labute approximate surface area is 157 Å². The molecule has 2 N–H and O–H groups in total. The number of aromatic nitrogens is 3. The largest absolute Gasteiger partial charge is 0.321 e. The minimum Gasteiger partial charge on any atom is -0.321 e. The molecule has 2 aromatic heterocycles. The van der Waals surface area contributed by atoms with Gasteiger partial charge in [0.1, 0.15) is 5.69 Å². The molecule has 2 heterocycles. The zero-order valence-electron chi connectivity index (χ0n) is 15.5. The number of fused-ring (bicyclic) bond motifs is 1. The van der Waals surface area contributed by atoms with E-state index in [1.165, 1.54) is 0 Å². The van der Waals surface area contributed by atoms with Gasteiger partial charge in [0.15, 0.2) is 0 Å². The maximum Gasteiger partial charge on any atom is 0.274 e. The van der Waals surface area contributed by atoms with Crippen LogP contribution in [0.5, 0.6) is 0 Å². The monoisotopic (exact) mass is 356 g/mol. The highest BCUT2D eigenvalue weighted by Gasteiger charge is 2.14. The normalized spacial score (nSPS) is 10.9. The Bertz CT molecular complexity index is 1140. The lowest BCUT2D eigenvalue weighted by Crippen LogP contribution is -2.15. The second-order valence-electron chi connectivity index (χ2n) is 6.75. The number of amides is 1. The third-order valence-electron chi connectivity index (χ3n) is 4.67. The SMILES string of the molecule is Cc1ccc(NC(=O)c2nc(-c3ccc4c(C)n[nH]c4c3)ccc2C)cc1. The fourth-order valence-electron chi connectivity index (χ4n) is 3.06. The van der Waals surface area contributed by atoms with Crippen LogP contribution in [0.3, 0.4) is 0 Å². The molecule has 0 aliphatic heterocycles. The Hall–Kier alpha value is -3.47. The number of aromatic amines is 1. The Morgan fingerprint density at radius 2 is 1.74 bits per heavy atom. The molecule has 0 aliphatic rings. The molecule has 134 valence electrons. The van der Waals surface area contributed by atoms with Crippen molar-refractivity contribution in [2.75, 3.05) is 5.32 Å². The van der Waals surface area contributed by atoms with Crippen LogP contribution in [-0.4, -0.2) is 21.1 Å². The molecule has 4 aromatic rings. The van der Waals surface area contributed by atoms with Crippen molar-refractivity contribution in [2.24, 2.45) is 0 Å². The van der Waals surface area contributed by atoms with E-state index in [1.807, 2.05) is 75.4 Å². The third kappa shape index (κ3) is 3.31. The van der Waals surface area contributed by atoms with Crippen LogP contribution in [-0.2, 0) is 0 Å². The zero-order chi connectivity index (χ0) is 19.0. The fourth-order valence-corrected chi connectivity index (χ4v) is 3.06. The van der Waals surface area contributed by atoms with Crippen molar-refractivity contribution in [3.63, 3.8) is 0 Å². The summed E-state index contributed by atoms with van der Waals surface area (Å²) < 4.78 is 0. The van der Waals surface area contributed by atoms with E-state index in [1.54, 1.807) is 0 Å². The van der Waals surface area contributed by atoms with Gasteiger partial charge in [-0.15, -0.1) is 0 Å². The summed E-state index contributed by atoms with van der Waals surface area (Å²) in [7, 11) is 0. The van der Waals surface area contributed by atoms with Gasteiger partial charge in [0.2, 0.25) is 0 Å². The van der Waals surface area contributed by atoms with Gasteiger partial charge < -0.3 is 5.32 Å². The first-order chi connectivity index (χ1) is 13.0. The van der Waals surface area contributed by atoms with Gasteiger partial charge in [0.05, 0.1) is 16.9 Å². The number of carbonyl (C=O) groups is 1. The molecule has 0 spiro atoms. The average Bonchev–Trinajstić information content (AvgIpc) is 3.04. The predicted octanol–water partition coefficient (Wildman–Crippen LogP) is 4.80. The van der Waals surface area contributed by atoms with Gasteiger partial charge in [0, 0.05) is 16.6 Å². The summed E-state index contributed by atoms with van der Waals surface area (Å²) in [6.45, 7) is 5.87. The van der Waals surface area contributed by atoms with Crippen molar-refractivity contribution in [3.05, 3.63) is 77.1 Å². The number of nitrogens with zero attached hydrogens (tertiary/aromatic N) is 2. The maximum atomic E-state index is 12.7. The van der Waals surface area contributed by atoms with Crippen LogP contribution in [0.15, 0.2) is 54.6 Å². The summed E-state index contributed by atoms with van der Waals surface area (Å²) in [5.74, 6) is -0.211. The van der Waals surface area contributed by atoms with Crippen molar-refractivity contribution in [1.29, 1.82) is 0 Å². The van der Waals surface area contributed by atoms with Gasteiger partial charge in [0.25, 0.3) is 5.91 Å². The fraction of sp³-hybridized carbons (Fsp3) is 0.136. The first kappa shape index (κ1) is 17.0. The summed E-state index contributed by atoms with van der Waals surface area (Å²) in [5, 5.41) is 11.3. The molecule has 1 amide bonds. The molecule has 0 unspecified atom stereocenters. The molecule has 5 nitrogen and oxygen atoms in total. The number of benzene rings is 2. The molecule has 5 heteroatoms. The van der Waals surface area contributed by atoms with Crippen molar-refractivity contribution in [2.45, 2.75) is 20.8 Å². The van der Waals surface area contributed by atoms with Gasteiger partial charge in [-0.3, -0.25) is 9.89 Å². The van der Waals surface area contributed by atoms with E-state index >= 15 is 0 Å². The lowest BCUT2D eigenvalue weighted by Gasteiger charge is -2.10. The number of pyridine rings is 1. The van der Waals surface area contributed by atoms with Crippen LogP contribution in [0.4, 0.5) is 5.69 Å². The number of H-pyrrole nitrogens is 1. The Morgan fingerprint density at radius 1 is 0.963 bits per heavy atom. The molecule has 0 radical (unpaired) electrons. The first-order valence-corrected chi connectivity index (χ1v) is 8.82. The maximum absolute atomic E-state index is 12.7. The van der Waals surface area contributed by atoms with Crippen molar-refractivity contribution >= 4 is 22.5 Å². The molecule has 27 heavy (non-hydrogen) atoms. The molecule has 0 aliphatic carbocycles. The molecule has 4 rings (SSSR count). The summed E-state index contributed by atoms with van der Waals surface area (Å²) in [6.07, 6.45) is 0. The lowest BCUT2D eigenvalue weighted by molar-refractivity contribution is 0.102. The number of carbonyl (C=O) groups excluding carboxylic acids is 1. The second-order valence-corrected chi connectivity index (χ2v) is 6.75. The van der Waals surface area contributed by atoms with E-state index < -0.39 is 0 Å². The zero-order valence-corrected chi connectivity index (χ0v) is 15.5. The van der Waals surface area contributed by atoms with Gasteiger partial charge in [-0.05, 0) is 50.6 Å². The van der Waals surface area contributed by atoms with E-state index in [9.17, 15) is 4.79 Å². The minimum absolute atomic E-state index is 0.211. The van der Waals surface area contributed by atoms with E-state index in [-0.39, 0.29) is 5.91 Å². The highest BCUT2D eigenvalue weighted by Crippen LogP contribution is 2.24. The van der Waals surface area contributed by atoms with Crippen molar-refractivity contribution < 1.29 is 4.79 Å². The third-order valence-corrected chi connectivity index (χ3v) is 4.67. The Balaban J connectivity index is 1.67. The Morgan fingerprint density at radius 3 is 2.52 bits per heavy atom. The van der Waals surface area contributed by atoms with Crippen molar-refractivity contribution in [1.82, 2.24) is 15.2 Å². The van der Waals surface area contributed by atoms with Crippen LogP contribution >= 0.6 is 0 Å². The summed E-state index contributed by atoms with van der Waals surface area (Å²) in [5.41, 5.74) is 6.78. The molecular weight excluding hydrogens is 336 g/mol. The van der Waals surface area contributed by atoms with Gasteiger partial charge in [-0.25, -0.2) is 4.98 Å². The number of hydrogen-bond acceptors (Lipinski definition) is 3. The molecular formula is C22H20N4O.